The first-order valence-corrected chi connectivity index (χ1v) is 8.69. The first kappa shape index (κ1) is 20.9. The Morgan fingerprint density at radius 3 is 2.29 bits per heavy atom. The zero-order valence-corrected chi connectivity index (χ0v) is 15.9. The van der Waals surface area contributed by atoms with Gasteiger partial charge in [-0.15, -0.1) is 0 Å². The number of ether oxygens (including phenoxy) is 1. The van der Waals surface area contributed by atoms with Crippen LogP contribution in [0.2, 0.25) is 0 Å². The lowest BCUT2D eigenvalue weighted by Crippen LogP contribution is -2.45. The smallest absolute Gasteiger partial charge is 0.329 e. The summed E-state index contributed by atoms with van der Waals surface area (Å²) in [4.78, 5) is 47.6. The Morgan fingerprint density at radius 2 is 1.75 bits per heavy atom. The highest BCUT2D eigenvalue weighted by molar-refractivity contribution is 5.99. The average molecular weight is 386 g/mol. The predicted molar refractivity (Wildman–Crippen MR) is 101 cm³/mol. The van der Waals surface area contributed by atoms with Crippen LogP contribution in [0.5, 0.6) is 0 Å². The van der Waals surface area contributed by atoms with E-state index < -0.39 is 30.3 Å². The number of hydrogen-bond donors (Lipinski definition) is 2. The molecule has 8 heteroatoms. The minimum Gasteiger partial charge on any atom is -0.459 e. The maximum atomic E-state index is 12.3. The number of rotatable bonds is 8. The van der Waals surface area contributed by atoms with Crippen molar-refractivity contribution in [2.45, 2.75) is 26.8 Å². The third-order valence-corrected chi connectivity index (χ3v) is 3.82. The van der Waals surface area contributed by atoms with Gasteiger partial charge in [0.25, 0.3) is 5.91 Å². The van der Waals surface area contributed by atoms with Crippen molar-refractivity contribution in [3.63, 3.8) is 0 Å². The van der Waals surface area contributed by atoms with E-state index in [-0.39, 0.29) is 17.6 Å². The van der Waals surface area contributed by atoms with E-state index in [9.17, 15) is 19.2 Å². The molecule has 2 aromatic rings. The van der Waals surface area contributed by atoms with Gasteiger partial charge in [0.15, 0.2) is 18.2 Å². The number of hydrogen-bond acceptors (Lipinski definition) is 6. The lowest BCUT2D eigenvalue weighted by atomic mass is 10.0. The standard InChI is InChI=1S/C20H22N2O6/c1-12(2)18(22-19(25)17-5-4-10-27-17)20(26)28-11-16(24)14-6-8-15(9-7-14)21-13(3)23/h4-10,12,18H,11H2,1-3H3,(H,21,23)(H,22,25)/t18-/m0/s1. The molecule has 1 atom stereocenters. The number of furan rings is 1. The average Bonchev–Trinajstić information content (AvgIpc) is 3.18. The molecule has 2 rings (SSSR count). The minimum absolute atomic E-state index is 0.0776. The van der Waals surface area contributed by atoms with Gasteiger partial charge in [0.2, 0.25) is 5.91 Å². The predicted octanol–water partition coefficient (Wildman–Crippen LogP) is 2.42. The van der Waals surface area contributed by atoms with Crippen molar-refractivity contribution in [1.82, 2.24) is 5.32 Å². The second-order valence-corrected chi connectivity index (χ2v) is 6.46. The summed E-state index contributed by atoms with van der Waals surface area (Å²) in [5, 5.41) is 5.14. The van der Waals surface area contributed by atoms with Gasteiger partial charge in [-0.25, -0.2) is 4.79 Å². The molecule has 0 fully saturated rings. The van der Waals surface area contributed by atoms with Crippen LogP contribution in [0.15, 0.2) is 47.1 Å². The Hall–Kier alpha value is -3.42. The van der Waals surface area contributed by atoms with E-state index in [0.717, 1.165) is 0 Å². The van der Waals surface area contributed by atoms with Crippen LogP contribution in [-0.4, -0.2) is 36.2 Å². The van der Waals surface area contributed by atoms with Crippen LogP contribution < -0.4 is 10.6 Å². The van der Waals surface area contributed by atoms with Crippen LogP contribution in [0, 0.1) is 5.92 Å². The molecule has 0 saturated carbocycles. The van der Waals surface area contributed by atoms with Crippen molar-refractivity contribution < 1.29 is 28.3 Å². The lowest BCUT2D eigenvalue weighted by Gasteiger charge is -2.20. The maximum Gasteiger partial charge on any atom is 0.329 e. The molecular weight excluding hydrogens is 364 g/mol. The van der Waals surface area contributed by atoms with E-state index in [0.29, 0.717) is 11.3 Å². The number of ketones is 1. The van der Waals surface area contributed by atoms with E-state index in [2.05, 4.69) is 10.6 Å². The van der Waals surface area contributed by atoms with E-state index in [1.165, 1.54) is 31.4 Å². The fourth-order valence-electron chi connectivity index (χ4n) is 2.37. The molecule has 0 unspecified atom stereocenters. The lowest BCUT2D eigenvalue weighted by molar-refractivity contribution is -0.146. The van der Waals surface area contributed by atoms with Crippen molar-refractivity contribution in [2.24, 2.45) is 5.92 Å². The van der Waals surface area contributed by atoms with E-state index in [4.69, 9.17) is 9.15 Å². The molecule has 1 aromatic carbocycles. The van der Waals surface area contributed by atoms with Gasteiger partial charge in [0.05, 0.1) is 6.26 Å². The molecule has 0 aliphatic rings. The number of nitrogens with one attached hydrogen (secondary N) is 2. The van der Waals surface area contributed by atoms with Crippen LogP contribution in [0.1, 0.15) is 41.7 Å². The molecule has 2 amide bonds. The Balaban J connectivity index is 1.93. The van der Waals surface area contributed by atoms with Crippen LogP contribution >= 0.6 is 0 Å². The summed E-state index contributed by atoms with van der Waals surface area (Å²) in [6, 6.07) is 8.33. The van der Waals surface area contributed by atoms with Gasteiger partial charge < -0.3 is 19.8 Å². The molecule has 0 radical (unpaired) electrons. The van der Waals surface area contributed by atoms with Crippen LogP contribution in [0.3, 0.4) is 0 Å². The van der Waals surface area contributed by atoms with Crippen molar-refractivity contribution in [2.75, 3.05) is 11.9 Å². The molecule has 0 aliphatic heterocycles. The molecule has 8 nitrogen and oxygen atoms in total. The molecule has 1 heterocycles. The summed E-state index contributed by atoms with van der Waals surface area (Å²) in [6.45, 7) is 4.42. The summed E-state index contributed by atoms with van der Waals surface area (Å²) in [5.41, 5.74) is 0.893. The zero-order chi connectivity index (χ0) is 20.7. The first-order chi connectivity index (χ1) is 13.3. The van der Waals surface area contributed by atoms with Gasteiger partial charge in [-0.05, 0) is 42.3 Å². The normalized spacial score (nSPS) is 11.6. The van der Waals surface area contributed by atoms with E-state index in [1.807, 2.05) is 0 Å². The number of carbonyl (C=O) groups is 4. The maximum absolute atomic E-state index is 12.3. The van der Waals surface area contributed by atoms with Gasteiger partial charge in [0.1, 0.15) is 6.04 Å². The van der Waals surface area contributed by atoms with Gasteiger partial charge in [-0.1, -0.05) is 13.8 Å². The van der Waals surface area contributed by atoms with Crippen molar-refractivity contribution in [1.29, 1.82) is 0 Å². The summed E-state index contributed by atoms with van der Waals surface area (Å²) < 4.78 is 10.1. The quantitative estimate of drug-likeness (QED) is 0.532. The highest BCUT2D eigenvalue weighted by atomic mass is 16.5. The summed E-state index contributed by atoms with van der Waals surface area (Å²) in [7, 11) is 0. The molecule has 28 heavy (non-hydrogen) atoms. The Labute approximate surface area is 162 Å². The molecule has 0 spiro atoms. The molecule has 0 saturated heterocycles. The number of carbonyl (C=O) groups excluding carboxylic acids is 4. The minimum atomic E-state index is -0.924. The molecular formula is C20H22N2O6. The van der Waals surface area contributed by atoms with Crippen molar-refractivity contribution in [3.8, 4) is 0 Å². The number of esters is 1. The number of amides is 2. The summed E-state index contributed by atoms with van der Waals surface area (Å²) in [5.74, 6) is -2.04. The Bertz CT molecular complexity index is 840. The van der Waals surface area contributed by atoms with Crippen LogP contribution in [-0.2, 0) is 14.3 Å². The topological polar surface area (TPSA) is 115 Å². The Morgan fingerprint density at radius 1 is 1.07 bits per heavy atom. The molecule has 148 valence electrons. The number of benzene rings is 1. The fourth-order valence-corrected chi connectivity index (χ4v) is 2.37. The third-order valence-electron chi connectivity index (χ3n) is 3.82. The second kappa shape index (κ2) is 9.50. The third kappa shape index (κ3) is 5.80. The largest absolute Gasteiger partial charge is 0.459 e. The first-order valence-electron chi connectivity index (χ1n) is 8.69. The molecule has 0 bridgehead atoms. The second-order valence-electron chi connectivity index (χ2n) is 6.46. The highest BCUT2D eigenvalue weighted by Gasteiger charge is 2.27. The molecule has 0 aliphatic carbocycles. The van der Waals surface area contributed by atoms with Crippen LogP contribution in [0.4, 0.5) is 5.69 Å². The summed E-state index contributed by atoms with van der Waals surface area (Å²) >= 11 is 0. The number of anilines is 1. The zero-order valence-electron chi connectivity index (χ0n) is 15.9. The van der Waals surface area contributed by atoms with Gasteiger partial charge >= 0.3 is 5.97 Å². The highest BCUT2D eigenvalue weighted by Crippen LogP contribution is 2.11. The van der Waals surface area contributed by atoms with Gasteiger partial charge in [-0.3, -0.25) is 14.4 Å². The monoisotopic (exact) mass is 386 g/mol. The summed E-state index contributed by atoms with van der Waals surface area (Å²) in [6.07, 6.45) is 1.35. The van der Waals surface area contributed by atoms with Crippen LogP contribution in [0.25, 0.3) is 0 Å². The SMILES string of the molecule is CC(=O)Nc1ccc(C(=O)COC(=O)[C@@H](NC(=O)c2ccco2)C(C)C)cc1. The number of Topliss-reactive ketones (excluding diaryl/α,β-unsaturated/α-hetero) is 1. The van der Waals surface area contributed by atoms with Crippen molar-refractivity contribution in [3.05, 3.63) is 54.0 Å². The van der Waals surface area contributed by atoms with Crippen molar-refractivity contribution >= 4 is 29.3 Å². The fraction of sp³-hybridized carbons (Fsp3) is 0.300. The molecule has 2 N–H and O–H groups in total. The van der Waals surface area contributed by atoms with Gasteiger partial charge in [0, 0.05) is 18.2 Å². The van der Waals surface area contributed by atoms with Gasteiger partial charge in [-0.2, -0.15) is 0 Å². The molecule has 1 aromatic heterocycles. The van der Waals surface area contributed by atoms with E-state index in [1.54, 1.807) is 32.0 Å². The Kier molecular flexibility index (Phi) is 7.08. The van der Waals surface area contributed by atoms with E-state index >= 15 is 0 Å².